The van der Waals surface area contributed by atoms with Crippen molar-refractivity contribution in [1.29, 1.82) is 5.41 Å². The van der Waals surface area contributed by atoms with Gasteiger partial charge in [-0.05, 0) is 25.5 Å². The predicted molar refractivity (Wildman–Crippen MR) is 76.7 cm³/mol. The molecule has 0 bridgehead atoms. The molecule has 0 aliphatic rings. The summed E-state index contributed by atoms with van der Waals surface area (Å²) in [5.41, 5.74) is 9.71. The first-order valence-corrected chi connectivity index (χ1v) is 5.88. The number of aromatic nitrogens is 1. The Balaban J connectivity index is 0.00000110. The van der Waals surface area contributed by atoms with Crippen LogP contribution in [0.15, 0.2) is 27.9 Å². The highest BCUT2D eigenvalue weighted by atomic mass is 16.4. The molecule has 20 heavy (non-hydrogen) atoms. The van der Waals surface area contributed by atoms with Crippen LogP contribution in [0.1, 0.15) is 18.7 Å². The number of aliphatic imine (C=N–C) groups is 1. The fraction of sp³-hybridized carbons (Fsp3) is 0.333. The van der Waals surface area contributed by atoms with Crippen LogP contribution in [0, 0.1) is 5.41 Å². The summed E-state index contributed by atoms with van der Waals surface area (Å²) in [6, 6.07) is -0.743. The first-order valence-electron chi connectivity index (χ1n) is 5.88. The third-order valence-corrected chi connectivity index (χ3v) is 2.01. The summed E-state index contributed by atoms with van der Waals surface area (Å²) >= 11 is 0. The van der Waals surface area contributed by atoms with Crippen LogP contribution >= 0.6 is 0 Å². The van der Waals surface area contributed by atoms with Gasteiger partial charge in [0.05, 0.1) is 12.5 Å². The number of aliphatic carboxylic acids is 1. The summed E-state index contributed by atoms with van der Waals surface area (Å²) in [7, 11) is 0. The maximum absolute atomic E-state index is 10.8. The standard InChI is InChI=1S/C11H15N3O3.CH4N2/c12-5-1-3-9(11(15)16)13-6-2-4-10-14-7-8-17-10;2-1-3/h2,4,6-9H,1,3,5,12H2,(H,15,16);1H,(H3,2,3)/b4-2+,13-6?;. The van der Waals surface area contributed by atoms with Crippen LogP contribution in [0.2, 0.25) is 0 Å². The fourth-order valence-corrected chi connectivity index (χ4v) is 1.17. The van der Waals surface area contributed by atoms with Crippen molar-refractivity contribution in [3.63, 3.8) is 0 Å². The average molecular weight is 281 g/mol. The molecule has 6 N–H and O–H groups in total. The minimum absolute atomic E-state index is 0.440. The third-order valence-electron chi connectivity index (χ3n) is 2.01. The topological polar surface area (TPSA) is 152 Å². The first kappa shape index (κ1) is 17.5. The lowest BCUT2D eigenvalue weighted by atomic mass is 10.1. The lowest BCUT2D eigenvalue weighted by molar-refractivity contribution is -0.138. The van der Waals surface area contributed by atoms with Crippen molar-refractivity contribution in [2.24, 2.45) is 16.5 Å². The van der Waals surface area contributed by atoms with Gasteiger partial charge in [0.25, 0.3) is 0 Å². The van der Waals surface area contributed by atoms with E-state index in [1.165, 1.54) is 18.7 Å². The van der Waals surface area contributed by atoms with Gasteiger partial charge in [0.15, 0.2) is 0 Å². The molecule has 0 amide bonds. The lowest BCUT2D eigenvalue weighted by Crippen LogP contribution is -2.19. The van der Waals surface area contributed by atoms with Crippen LogP contribution in [0.25, 0.3) is 6.08 Å². The van der Waals surface area contributed by atoms with Gasteiger partial charge in [-0.15, -0.1) is 0 Å². The van der Waals surface area contributed by atoms with E-state index in [9.17, 15) is 4.79 Å². The first-order chi connectivity index (χ1) is 9.65. The summed E-state index contributed by atoms with van der Waals surface area (Å²) in [6.07, 6.45) is 9.43. The summed E-state index contributed by atoms with van der Waals surface area (Å²) in [5, 5.41) is 14.7. The molecule has 110 valence electrons. The van der Waals surface area contributed by atoms with E-state index in [1.807, 2.05) is 0 Å². The van der Waals surface area contributed by atoms with Gasteiger partial charge in [0.1, 0.15) is 12.3 Å². The molecular weight excluding hydrogens is 262 g/mol. The highest BCUT2D eigenvalue weighted by molar-refractivity contribution is 5.81. The van der Waals surface area contributed by atoms with Crippen LogP contribution in [-0.4, -0.2) is 41.2 Å². The monoisotopic (exact) mass is 281 g/mol. The van der Waals surface area contributed by atoms with Crippen molar-refractivity contribution in [3.8, 4) is 0 Å². The van der Waals surface area contributed by atoms with E-state index in [0.717, 1.165) is 6.34 Å². The van der Waals surface area contributed by atoms with Gasteiger partial charge in [0, 0.05) is 12.3 Å². The quantitative estimate of drug-likeness (QED) is 0.422. The summed E-state index contributed by atoms with van der Waals surface area (Å²) in [5.74, 6) is -0.496. The molecule has 0 fully saturated rings. The van der Waals surface area contributed by atoms with Crippen molar-refractivity contribution in [2.75, 3.05) is 6.54 Å². The number of carbonyl (C=O) groups is 1. The van der Waals surface area contributed by atoms with Crippen molar-refractivity contribution in [1.82, 2.24) is 4.98 Å². The van der Waals surface area contributed by atoms with Crippen LogP contribution in [-0.2, 0) is 4.79 Å². The van der Waals surface area contributed by atoms with E-state index < -0.39 is 12.0 Å². The number of oxazole rings is 1. The Bertz CT molecular complexity index is 428. The smallest absolute Gasteiger partial charge is 0.328 e. The number of nitrogens with zero attached hydrogens (tertiary/aromatic N) is 2. The molecule has 0 saturated carbocycles. The van der Waals surface area contributed by atoms with Crippen LogP contribution in [0.4, 0.5) is 0 Å². The predicted octanol–water partition coefficient (Wildman–Crippen LogP) is 0.503. The van der Waals surface area contributed by atoms with Gasteiger partial charge in [-0.25, -0.2) is 9.78 Å². The van der Waals surface area contributed by atoms with Gasteiger partial charge < -0.3 is 21.0 Å². The second-order valence-electron chi connectivity index (χ2n) is 3.48. The largest absolute Gasteiger partial charge is 0.480 e. The highest BCUT2D eigenvalue weighted by Gasteiger charge is 2.13. The molecule has 1 rings (SSSR count). The Morgan fingerprint density at radius 2 is 2.35 bits per heavy atom. The van der Waals surface area contributed by atoms with Crippen LogP contribution < -0.4 is 11.5 Å². The molecule has 0 saturated heterocycles. The van der Waals surface area contributed by atoms with Crippen molar-refractivity contribution in [2.45, 2.75) is 18.9 Å². The van der Waals surface area contributed by atoms with Gasteiger partial charge in [-0.2, -0.15) is 0 Å². The molecule has 1 atom stereocenters. The molecule has 1 aromatic heterocycles. The molecular formula is C12H19N5O3. The molecule has 0 spiro atoms. The molecule has 1 aromatic rings. The summed E-state index contributed by atoms with van der Waals surface area (Å²) in [4.78, 5) is 18.6. The van der Waals surface area contributed by atoms with E-state index in [0.29, 0.717) is 25.3 Å². The highest BCUT2D eigenvalue weighted by Crippen LogP contribution is 2.01. The minimum Gasteiger partial charge on any atom is -0.480 e. The number of rotatable bonds is 7. The Labute approximate surface area is 116 Å². The number of nitrogens with two attached hydrogens (primary N) is 2. The van der Waals surface area contributed by atoms with Crippen LogP contribution in [0.3, 0.4) is 0 Å². The van der Waals surface area contributed by atoms with Gasteiger partial charge in [-0.1, -0.05) is 0 Å². The molecule has 0 radical (unpaired) electrons. The van der Waals surface area contributed by atoms with E-state index in [4.69, 9.17) is 20.7 Å². The fourth-order valence-electron chi connectivity index (χ4n) is 1.17. The van der Waals surface area contributed by atoms with E-state index in [-0.39, 0.29) is 0 Å². The molecule has 0 aromatic carbocycles. The number of allylic oxidation sites excluding steroid dienone is 1. The van der Waals surface area contributed by atoms with E-state index in [2.05, 4.69) is 15.7 Å². The van der Waals surface area contributed by atoms with Crippen molar-refractivity contribution < 1.29 is 14.3 Å². The maximum atomic E-state index is 10.8. The second-order valence-corrected chi connectivity index (χ2v) is 3.48. The summed E-state index contributed by atoms with van der Waals surface area (Å²) in [6.45, 7) is 0.464. The SMILES string of the molecule is N=CN.NCCCC(N=C/C=C/c1ncco1)C(=O)O. The van der Waals surface area contributed by atoms with E-state index in [1.54, 1.807) is 12.2 Å². The number of carboxylic acid groups (broad SMARTS) is 1. The third kappa shape index (κ3) is 8.59. The van der Waals surface area contributed by atoms with Gasteiger partial charge in [-0.3, -0.25) is 10.4 Å². The normalized spacial score (nSPS) is 12.1. The molecule has 1 heterocycles. The Morgan fingerprint density at radius 1 is 1.65 bits per heavy atom. The minimum atomic E-state index is -0.945. The lowest BCUT2D eigenvalue weighted by Gasteiger charge is -2.04. The van der Waals surface area contributed by atoms with Crippen molar-refractivity contribution in [3.05, 3.63) is 24.4 Å². The number of nitrogens with one attached hydrogen (secondary N) is 1. The zero-order chi connectivity index (χ0) is 15.2. The second kappa shape index (κ2) is 11.6. The van der Waals surface area contributed by atoms with Gasteiger partial charge in [0.2, 0.25) is 5.89 Å². The zero-order valence-electron chi connectivity index (χ0n) is 11.0. The number of carboxylic acids is 1. The molecule has 1 unspecified atom stereocenters. The molecule has 8 heteroatoms. The Kier molecular flexibility index (Phi) is 10.2. The maximum Gasteiger partial charge on any atom is 0.328 e. The average Bonchev–Trinajstić information content (AvgIpc) is 2.91. The summed E-state index contributed by atoms with van der Waals surface area (Å²) < 4.78 is 4.96. The van der Waals surface area contributed by atoms with Gasteiger partial charge >= 0.3 is 5.97 Å². The molecule has 8 nitrogen and oxygen atoms in total. The Hall–Kier alpha value is -2.48. The zero-order valence-corrected chi connectivity index (χ0v) is 11.0. The Morgan fingerprint density at radius 3 is 2.85 bits per heavy atom. The van der Waals surface area contributed by atoms with Crippen LogP contribution in [0.5, 0.6) is 0 Å². The number of hydrogen-bond donors (Lipinski definition) is 4. The van der Waals surface area contributed by atoms with Crippen molar-refractivity contribution >= 4 is 24.6 Å². The molecule has 0 aliphatic heterocycles. The molecule has 0 aliphatic carbocycles. The number of hydrogen-bond acceptors (Lipinski definition) is 6. The van der Waals surface area contributed by atoms with E-state index >= 15 is 0 Å².